The van der Waals surface area contributed by atoms with E-state index in [1.54, 1.807) is 36.4 Å². The molecule has 2 aromatic carbocycles. The van der Waals surface area contributed by atoms with Crippen LogP contribution in [0.4, 0.5) is 0 Å². The van der Waals surface area contributed by atoms with Gasteiger partial charge in [-0.05, 0) is 42.7 Å². The molecule has 0 N–H and O–H groups in total. The average Bonchev–Trinajstić information content (AvgIpc) is 2.76. The molecule has 0 aromatic heterocycles. The van der Waals surface area contributed by atoms with E-state index in [0.717, 1.165) is 6.42 Å². The van der Waals surface area contributed by atoms with Crippen LogP contribution in [0.3, 0.4) is 0 Å². The van der Waals surface area contributed by atoms with E-state index in [-0.39, 0.29) is 0 Å². The molecule has 0 fully saturated rings. The van der Waals surface area contributed by atoms with Crippen LogP contribution in [0.1, 0.15) is 97.4 Å². The van der Waals surface area contributed by atoms with Crippen molar-refractivity contribution < 1.29 is 14.3 Å². The third-order valence-corrected chi connectivity index (χ3v) is 5.20. The van der Waals surface area contributed by atoms with Crippen molar-refractivity contribution in [1.82, 2.24) is 0 Å². The number of aryl methyl sites for hydroxylation is 1. The molecule has 0 bridgehead atoms. The van der Waals surface area contributed by atoms with Gasteiger partial charge in [-0.25, -0.2) is 9.59 Å². The van der Waals surface area contributed by atoms with Crippen LogP contribution in [-0.4, -0.2) is 11.9 Å². The monoisotopic (exact) mass is 394 g/mol. The fourth-order valence-corrected chi connectivity index (χ4v) is 3.40. The highest BCUT2D eigenvalue weighted by Crippen LogP contribution is 2.14. The van der Waals surface area contributed by atoms with E-state index < -0.39 is 11.9 Å². The van der Waals surface area contributed by atoms with Crippen molar-refractivity contribution in [1.29, 1.82) is 0 Å². The Balaban J connectivity index is 1.62. The van der Waals surface area contributed by atoms with Gasteiger partial charge in [0.2, 0.25) is 0 Å². The molecule has 0 aliphatic rings. The Morgan fingerprint density at radius 3 is 1.66 bits per heavy atom. The minimum Gasteiger partial charge on any atom is -0.386 e. The zero-order valence-electron chi connectivity index (χ0n) is 17.7. The number of hydrogen-bond acceptors (Lipinski definition) is 3. The molecule has 156 valence electrons. The highest BCUT2D eigenvalue weighted by atomic mass is 16.6. The average molecular weight is 395 g/mol. The number of rotatable bonds is 13. The summed E-state index contributed by atoms with van der Waals surface area (Å²) in [6, 6.07) is 15.9. The van der Waals surface area contributed by atoms with Crippen molar-refractivity contribution in [2.45, 2.75) is 77.6 Å². The summed E-state index contributed by atoms with van der Waals surface area (Å²) in [6.45, 7) is 2.26. The normalized spacial score (nSPS) is 10.7. The molecule has 3 nitrogen and oxygen atoms in total. The number of carbonyl (C=O) groups excluding carboxylic acids is 2. The molecule has 0 saturated heterocycles. The SMILES string of the molecule is CCCCCCCCCCCCc1ccc(C(=O)OC(=O)c2ccccc2)cc1. The molecule has 0 aliphatic heterocycles. The van der Waals surface area contributed by atoms with Gasteiger partial charge >= 0.3 is 11.9 Å². The molecule has 0 unspecified atom stereocenters. The molecule has 0 amide bonds. The molecular weight excluding hydrogens is 360 g/mol. The first-order valence-electron chi connectivity index (χ1n) is 11.1. The van der Waals surface area contributed by atoms with Gasteiger partial charge in [0.25, 0.3) is 0 Å². The van der Waals surface area contributed by atoms with Gasteiger partial charge < -0.3 is 4.74 Å². The first-order valence-corrected chi connectivity index (χ1v) is 11.1. The van der Waals surface area contributed by atoms with E-state index in [1.807, 2.05) is 18.2 Å². The van der Waals surface area contributed by atoms with Crippen LogP contribution in [-0.2, 0) is 11.2 Å². The van der Waals surface area contributed by atoms with Crippen LogP contribution >= 0.6 is 0 Å². The summed E-state index contributed by atoms with van der Waals surface area (Å²) >= 11 is 0. The maximum absolute atomic E-state index is 12.1. The third kappa shape index (κ3) is 9.08. The van der Waals surface area contributed by atoms with Gasteiger partial charge in [0.1, 0.15) is 0 Å². The Morgan fingerprint density at radius 1 is 0.621 bits per heavy atom. The van der Waals surface area contributed by atoms with Gasteiger partial charge in [0.15, 0.2) is 0 Å². The Kier molecular flexibility index (Phi) is 10.8. The Bertz CT molecular complexity index is 719. The largest absolute Gasteiger partial charge is 0.386 e. The highest BCUT2D eigenvalue weighted by Gasteiger charge is 2.14. The zero-order chi connectivity index (χ0) is 20.7. The lowest BCUT2D eigenvalue weighted by Gasteiger charge is -2.05. The van der Waals surface area contributed by atoms with Gasteiger partial charge in [-0.15, -0.1) is 0 Å². The number of unbranched alkanes of at least 4 members (excludes halogenated alkanes) is 9. The van der Waals surface area contributed by atoms with Crippen LogP contribution in [0, 0.1) is 0 Å². The topological polar surface area (TPSA) is 43.4 Å². The fourth-order valence-electron chi connectivity index (χ4n) is 3.40. The van der Waals surface area contributed by atoms with Crippen molar-refractivity contribution in [3.05, 3.63) is 71.3 Å². The predicted octanol–water partition coefficient (Wildman–Crippen LogP) is 7.15. The molecule has 0 aliphatic carbocycles. The highest BCUT2D eigenvalue weighted by molar-refractivity contribution is 6.02. The quantitative estimate of drug-likeness (QED) is 0.206. The van der Waals surface area contributed by atoms with Crippen molar-refractivity contribution in [3.63, 3.8) is 0 Å². The van der Waals surface area contributed by atoms with Crippen molar-refractivity contribution in [2.24, 2.45) is 0 Å². The molecule has 29 heavy (non-hydrogen) atoms. The van der Waals surface area contributed by atoms with Crippen LogP contribution in [0.25, 0.3) is 0 Å². The lowest BCUT2D eigenvalue weighted by Crippen LogP contribution is -2.12. The van der Waals surface area contributed by atoms with Gasteiger partial charge in [-0.1, -0.05) is 95.0 Å². The summed E-state index contributed by atoms with van der Waals surface area (Å²) in [6.07, 6.45) is 14.3. The number of ether oxygens (including phenoxy) is 1. The zero-order valence-corrected chi connectivity index (χ0v) is 17.7. The van der Waals surface area contributed by atoms with E-state index >= 15 is 0 Å². The first kappa shape index (κ1) is 22.9. The van der Waals surface area contributed by atoms with E-state index in [1.165, 1.54) is 69.8 Å². The minimum atomic E-state index is -0.620. The molecule has 3 heteroatoms. The summed E-state index contributed by atoms with van der Waals surface area (Å²) in [4.78, 5) is 24.1. The van der Waals surface area contributed by atoms with Crippen LogP contribution in [0.5, 0.6) is 0 Å². The third-order valence-electron chi connectivity index (χ3n) is 5.20. The van der Waals surface area contributed by atoms with E-state index in [0.29, 0.717) is 11.1 Å². The van der Waals surface area contributed by atoms with Crippen molar-refractivity contribution in [2.75, 3.05) is 0 Å². The second-order valence-corrected chi connectivity index (χ2v) is 7.67. The van der Waals surface area contributed by atoms with E-state index in [9.17, 15) is 9.59 Å². The Morgan fingerprint density at radius 2 is 1.10 bits per heavy atom. The number of hydrogen-bond donors (Lipinski definition) is 0. The van der Waals surface area contributed by atoms with Crippen molar-refractivity contribution >= 4 is 11.9 Å². The summed E-state index contributed by atoms with van der Waals surface area (Å²) < 4.78 is 4.95. The molecule has 2 rings (SSSR count). The Labute approximate surface area is 175 Å². The standard InChI is InChI=1S/C26H34O3/c1-2-3-4-5-6-7-8-9-10-12-15-22-18-20-24(21-19-22)26(28)29-25(27)23-16-13-11-14-17-23/h11,13-14,16-21H,2-10,12,15H2,1H3. The number of esters is 2. The number of carbonyl (C=O) groups is 2. The molecule has 0 radical (unpaired) electrons. The van der Waals surface area contributed by atoms with Crippen LogP contribution in [0.2, 0.25) is 0 Å². The van der Waals surface area contributed by atoms with Gasteiger partial charge in [-0.2, -0.15) is 0 Å². The second-order valence-electron chi connectivity index (χ2n) is 7.67. The van der Waals surface area contributed by atoms with Crippen molar-refractivity contribution in [3.8, 4) is 0 Å². The summed E-state index contributed by atoms with van der Waals surface area (Å²) in [5.74, 6) is -1.23. The van der Waals surface area contributed by atoms with Gasteiger partial charge in [0.05, 0.1) is 11.1 Å². The minimum absolute atomic E-state index is 0.374. The lowest BCUT2D eigenvalue weighted by atomic mass is 10.0. The second kappa shape index (κ2) is 13.7. The molecule has 2 aromatic rings. The predicted molar refractivity (Wildman–Crippen MR) is 118 cm³/mol. The molecule has 0 spiro atoms. The number of benzene rings is 2. The summed E-state index contributed by atoms with van der Waals surface area (Å²) in [5, 5.41) is 0. The Hall–Kier alpha value is -2.42. The summed E-state index contributed by atoms with van der Waals surface area (Å²) in [5.41, 5.74) is 2.00. The smallest absolute Gasteiger partial charge is 0.346 e. The fraction of sp³-hybridized carbons (Fsp3) is 0.462. The maximum atomic E-state index is 12.1. The van der Waals surface area contributed by atoms with Crippen LogP contribution < -0.4 is 0 Å². The maximum Gasteiger partial charge on any atom is 0.346 e. The molecule has 0 saturated carbocycles. The van der Waals surface area contributed by atoms with E-state index in [2.05, 4.69) is 6.92 Å². The van der Waals surface area contributed by atoms with Gasteiger partial charge in [-0.3, -0.25) is 0 Å². The molecule has 0 atom stereocenters. The molecular formula is C26H34O3. The lowest BCUT2D eigenvalue weighted by molar-refractivity contribution is 0.0398. The summed E-state index contributed by atoms with van der Waals surface area (Å²) in [7, 11) is 0. The van der Waals surface area contributed by atoms with E-state index in [4.69, 9.17) is 4.74 Å². The first-order chi connectivity index (χ1) is 14.2. The molecule has 0 heterocycles. The van der Waals surface area contributed by atoms with Crippen LogP contribution in [0.15, 0.2) is 54.6 Å². The van der Waals surface area contributed by atoms with Gasteiger partial charge in [0, 0.05) is 0 Å².